The summed E-state index contributed by atoms with van der Waals surface area (Å²) in [4.78, 5) is 0. The lowest BCUT2D eigenvalue weighted by Gasteiger charge is -2.30. The number of benzene rings is 1. The molecule has 1 aromatic rings. The van der Waals surface area contributed by atoms with Crippen molar-refractivity contribution in [2.24, 2.45) is 0 Å². The highest BCUT2D eigenvalue weighted by molar-refractivity contribution is 5.22. The van der Waals surface area contributed by atoms with Gasteiger partial charge in [-0.2, -0.15) is 0 Å². The molecule has 3 heteroatoms. The van der Waals surface area contributed by atoms with Crippen LogP contribution in [0.1, 0.15) is 18.9 Å². The molecule has 0 amide bonds. The Balaban J connectivity index is 2.89. The van der Waals surface area contributed by atoms with Gasteiger partial charge in [-0.05, 0) is 12.0 Å². The van der Waals surface area contributed by atoms with Crippen LogP contribution in [0.25, 0.3) is 0 Å². The van der Waals surface area contributed by atoms with Crippen LogP contribution < -0.4 is 0 Å². The summed E-state index contributed by atoms with van der Waals surface area (Å²) < 4.78 is 5.56. The van der Waals surface area contributed by atoms with Gasteiger partial charge in [0.25, 0.3) is 0 Å². The van der Waals surface area contributed by atoms with Crippen molar-refractivity contribution in [2.45, 2.75) is 18.9 Å². The van der Waals surface area contributed by atoms with Gasteiger partial charge in [-0.3, -0.25) is 0 Å². The Morgan fingerprint density at radius 3 is 2.20 bits per heavy atom. The van der Waals surface area contributed by atoms with E-state index in [0.29, 0.717) is 6.61 Å². The third-order valence-corrected chi connectivity index (χ3v) is 2.39. The van der Waals surface area contributed by atoms with E-state index in [1.165, 1.54) is 0 Å². The summed E-state index contributed by atoms with van der Waals surface area (Å²) in [6.07, 6.45) is 0.856. The van der Waals surface area contributed by atoms with E-state index in [9.17, 15) is 10.2 Å². The van der Waals surface area contributed by atoms with Crippen molar-refractivity contribution in [1.82, 2.24) is 0 Å². The van der Waals surface area contributed by atoms with Crippen LogP contribution >= 0.6 is 0 Å². The highest BCUT2D eigenvalue weighted by Gasteiger charge is 2.31. The van der Waals surface area contributed by atoms with E-state index in [1.807, 2.05) is 37.3 Å². The van der Waals surface area contributed by atoms with Gasteiger partial charge in [0.15, 0.2) is 0 Å². The van der Waals surface area contributed by atoms with Crippen LogP contribution in [0.3, 0.4) is 0 Å². The Hall–Kier alpha value is -0.900. The summed E-state index contributed by atoms with van der Waals surface area (Å²) in [7, 11) is 0. The minimum absolute atomic E-state index is 0.215. The number of aliphatic hydroxyl groups is 2. The summed E-state index contributed by atoms with van der Waals surface area (Å²) in [6.45, 7) is 2.08. The fourth-order valence-electron chi connectivity index (χ4n) is 1.45. The zero-order chi connectivity index (χ0) is 11.1. The maximum absolute atomic E-state index is 9.37. The van der Waals surface area contributed by atoms with Gasteiger partial charge in [0.2, 0.25) is 0 Å². The number of ether oxygens (including phenoxy) is 1. The lowest BCUT2D eigenvalue weighted by atomic mass is 9.95. The SMILES string of the molecule is CCCOC(CO)(CO)c1ccccc1. The molecule has 0 radical (unpaired) electrons. The summed E-state index contributed by atoms with van der Waals surface area (Å²) in [5.74, 6) is 0. The average Bonchev–Trinajstić information content (AvgIpc) is 2.33. The quantitative estimate of drug-likeness (QED) is 0.744. The third kappa shape index (κ3) is 2.78. The van der Waals surface area contributed by atoms with Crippen molar-refractivity contribution in [2.75, 3.05) is 19.8 Å². The molecule has 2 N–H and O–H groups in total. The smallest absolute Gasteiger partial charge is 0.139 e. The van der Waals surface area contributed by atoms with Gasteiger partial charge in [0.1, 0.15) is 5.60 Å². The van der Waals surface area contributed by atoms with E-state index in [1.54, 1.807) is 0 Å². The van der Waals surface area contributed by atoms with E-state index in [4.69, 9.17) is 4.74 Å². The van der Waals surface area contributed by atoms with Crippen molar-refractivity contribution in [3.05, 3.63) is 35.9 Å². The molecule has 0 aromatic heterocycles. The van der Waals surface area contributed by atoms with Crippen LogP contribution in [0.5, 0.6) is 0 Å². The summed E-state index contributed by atoms with van der Waals surface area (Å²) in [5, 5.41) is 18.7. The fourth-order valence-corrected chi connectivity index (χ4v) is 1.45. The second-order valence-corrected chi connectivity index (χ2v) is 3.53. The Morgan fingerprint density at radius 1 is 1.13 bits per heavy atom. The van der Waals surface area contributed by atoms with Crippen LogP contribution in [-0.4, -0.2) is 30.0 Å². The van der Waals surface area contributed by atoms with E-state index in [0.717, 1.165) is 12.0 Å². The molecule has 0 fully saturated rings. The Bertz CT molecular complexity index is 267. The van der Waals surface area contributed by atoms with Gasteiger partial charge in [-0.1, -0.05) is 37.3 Å². The molecule has 0 aliphatic heterocycles. The first-order valence-corrected chi connectivity index (χ1v) is 5.20. The Morgan fingerprint density at radius 2 is 1.73 bits per heavy atom. The zero-order valence-corrected chi connectivity index (χ0v) is 9.02. The normalized spacial score (nSPS) is 11.7. The molecule has 3 nitrogen and oxygen atoms in total. The summed E-state index contributed by atoms with van der Waals surface area (Å²) in [6, 6.07) is 9.32. The van der Waals surface area contributed by atoms with Gasteiger partial charge in [-0.25, -0.2) is 0 Å². The van der Waals surface area contributed by atoms with Crippen LogP contribution in [0, 0.1) is 0 Å². The van der Waals surface area contributed by atoms with Crippen molar-refractivity contribution in [3.63, 3.8) is 0 Å². The van der Waals surface area contributed by atoms with Crippen LogP contribution in [0.2, 0.25) is 0 Å². The topological polar surface area (TPSA) is 49.7 Å². The van der Waals surface area contributed by atoms with Gasteiger partial charge >= 0.3 is 0 Å². The lowest BCUT2D eigenvalue weighted by Crippen LogP contribution is -2.38. The van der Waals surface area contributed by atoms with Crippen LogP contribution in [-0.2, 0) is 10.3 Å². The van der Waals surface area contributed by atoms with Crippen LogP contribution in [0.4, 0.5) is 0 Å². The predicted octanol–water partition coefficient (Wildman–Crippen LogP) is 1.29. The molecule has 1 aromatic carbocycles. The number of aliphatic hydroxyl groups excluding tert-OH is 2. The molecule has 0 saturated carbocycles. The number of hydrogen-bond donors (Lipinski definition) is 2. The van der Waals surface area contributed by atoms with Gasteiger partial charge in [0.05, 0.1) is 13.2 Å². The van der Waals surface area contributed by atoms with E-state index in [2.05, 4.69) is 0 Å². The van der Waals surface area contributed by atoms with Gasteiger partial charge in [-0.15, -0.1) is 0 Å². The Labute approximate surface area is 90.3 Å². The molecule has 0 atom stereocenters. The monoisotopic (exact) mass is 210 g/mol. The maximum atomic E-state index is 9.37. The highest BCUT2D eigenvalue weighted by atomic mass is 16.5. The Kier molecular flexibility index (Phi) is 4.75. The first kappa shape index (κ1) is 12.2. The molecule has 0 aliphatic rings. The molecule has 0 saturated heterocycles. The van der Waals surface area contributed by atoms with Crippen molar-refractivity contribution >= 4 is 0 Å². The number of rotatable bonds is 6. The summed E-state index contributed by atoms with van der Waals surface area (Å²) in [5.41, 5.74) is -0.152. The maximum Gasteiger partial charge on any atom is 0.139 e. The second kappa shape index (κ2) is 5.85. The van der Waals surface area contributed by atoms with E-state index < -0.39 is 5.60 Å². The minimum Gasteiger partial charge on any atom is -0.393 e. The van der Waals surface area contributed by atoms with Gasteiger partial charge < -0.3 is 14.9 Å². The van der Waals surface area contributed by atoms with E-state index in [-0.39, 0.29) is 13.2 Å². The molecular weight excluding hydrogens is 192 g/mol. The van der Waals surface area contributed by atoms with Crippen molar-refractivity contribution in [3.8, 4) is 0 Å². The largest absolute Gasteiger partial charge is 0.393 e. The first-order valence-electron chi connectivity index (χ1n) is 5.20. The second-order valence-electron chi connectivity index (χ2n) is 3.53. The molecule has 84 valence electrons. The minimum atomic E-state index is -0.961. The van der Waals surface area contributed by atoms with Crippen molar-refractivity contribution < 1.29 is 14.9 Å². The van der Waals surface area contributed by atoms with E-state index >= 15 is 0 Å². The molecule has 0 unspecified atom stereocenters. The fraction of sp³-hybridized carbons (Fsp3) is 0.500. The highest BCUT2D eigenvalue weighted by Crippen LogP contribution is 2.24. The third-order valence-electron chi connectivity index (χ3n) is 2.39. The van der Waals surface area contributed by atoms with Crippen molar-refractivity contribution in [1.29, 1.82) is 0 Å². The zero-order valence-electron chi connectivity index (χ0n) is 9.02. The molecule has 0 heterocycles. The van der Waals surface area contributed by atoms with Crippen LogP contribution in [0.15, 0.2) is 30.3 Å². The predicted molar refractivity (Wildman–Crippen MR) is 58.5 cm³/mol. The molecule has 0 spiro atoms. The lowest BCUT2D eigenvalue weighted by molar-refractivity contribution is -0.114. The molecular formula is C12H18O3. The summed E-state index contributed by atoms with van der Waals surface area (Å²) >= 11 is 0. The average molecular weight is 210 g/mol. The number of hydrogen-bond acceptors (Lipinski definition) is 3. The molecule has 15 heavy (non-hydrogen) atoms. The van der Waals surface area contributed by atoms with Gasteiger partial charge in [0, 0.05) is 6.61 Å². The first-order chi connectivity index (χ1) is 7.29. The standard InChI is InChI=1S/C12H18O3/c1-2-8-15-12(9-13,10-14)11-6-4-3-5-7-11/h3-7,13-14H,2,8-10H2,1H3. The molecule has 0 aliphatic carbocycles. The molecule has 0 bridgehead atoms. The molecule has 1 rings (SSSR count).